The normalized spacial score (nSPS) is 45.7. The van der Waals surface area contributed by atoms with Crippen molar-refractivity contribution in [1.82, 2.24) is 4.90 Å². The van der Waals surface area contributed by atoms with Crippen molar-refractivity contribution in [3.63, 3.8) is 0 Å². The minimum Gasteiger partial charge on any atom is -0.388 e. The third kappa shape index (κ3) is 1.29. The van der Waals surface area contributed by atoms with E-state index in [0.717, 1.165) is 0 Å². The zero-order valence-corrected chi connectivity index (χ0v) is 8.46. The van der Waals surface area contributed by atoms with Crippen LogP contribution in [-0.2, 0) is 9.53 Å². The van der Waals surface area contributed by atoms with E-state index in [4.69, 9.17) is 4.74 Å². The largest absolute Gasteiger partial charge is 0.388 e. The van der Waals surface area contributed by atoms with Crippen LogP contribution in [0.2, 0.25) is 0 Å². The number of methoxy groups -OCH3 is 1. The van der Waals surface area contributed by atoms with Gasteiger partial charge in [0.2, 0.25) is 5.91 Å². The number of hydrogen-bond donors (Lipinski definition) is 3. The summed E-state index contributed by atoms with van der Waals surface area (Å²) in [6, 6.07) is 0. The van der Waals surface area contributed by atoms with Crippen LogP contribution in [0.1, 0.15) is 12.8 Å². The van der Waals surface area contributed by atoms with Gasteiger partial charge < -0.3 is 25.0 Å². The second-order valence-corrected chi connectivity index (χ2v) is 4.06. The van der Waals surface area contributed by atoms with Gasteiger partial charge in [0.1, 0.15) is 18.3 Å². The molecule has 4 atom stereocenters. The van der Waals surface area contributed by atoms with Crippen molar-refractivity contribution in [2.75, 3.05) is 13.7 Å². The number of rotatable bonds is 1. The van der Waals surface area contributed by atoms with Crippen LogP contribution in [0.4, 0.5) is 0 Å². The monoisotopic (exact) mass is 217 g/mol. The van der Waals surface area contributed by atoms with E-state index in [0.29, 0.717) is 6.42 Å². The molecule has 0 bridgehead atoms. The van der Waals surface area contributed by atoms with E-state index in [1.54, 1.807) is 0 Å². The van der Waals surface area contributed by atoms with Crippen molar-refractivity contribution in [3.05, 3.63) is 0 Å². The highest BCUT2D eigenvalue weighted by atomic mass is 16.5. The fraction of sp³-hybridized carbons (Fsp3) is 0.889. The third-order valence-electron chi connectivity index (χ3n) is 3.36. The van der Waals surface area contributed by atoms with Crippen LogP contribution in [0.5, 0.6) is 0 Å². The van der Waals surface area contributed by atoms with Crippen LogP contribution >= 0.6 is 0 Å². The molecule has 0 radical (unpaired) electrons. The van der Waals surface area contributed by atoms with Gasteiger partial charge in [0.05, 0.1) is 6.54 Å². The molecule has 0 unspecified atom stereocenters. The molecule has 2 fully saturated rings. The van der Waals surface area contributed by atoms with Gasteiger partial charge in [0, 0.05) is 20.0 Å². The number of piperidine rings is 1. The summed E-state index contributed by atoms with van der Waals surface area (Å²) < 4.78 is 5.19. The van der Waals surface area contributed by atoms with E-state index in [2.05, 4.69) is 0 Å². The van der Waals surface area contributed by atoms with Gasteiger partial charge in [-0.15, -0.1) is 0 Å². The smallest absolute Gasteiger partial charge is 0.225 e. The van der Waals surface area contributed by atoms with Crippen LogP contribution < -0.4 is 0 Å². The second kappa shape index (κ2) is 3.41. The number of fused-ring (bicyclic) bond motifs is 1. The number of carbonyl (C=O) groups excluding carboxylic acids is 1. The fourth-order valence-electron chi connectivity index (χ4n) is 2.44. The maximum absolute atomic E-state index is 11.5. The summed E-state index contributed by atoms with van der Waals surface area (Å²) in [7, 11) is 1.39. The molecule has 1 amide bonds. The quantitative estimate of drug-likeness (QED) is 0.475. The molecule has 86 valence electrons. The zero-order valence-electron chi connectivity index (χ0n) is 8.46. The van der Waals surface area contributed by atoms with E-state index >= 15 is 0 Å². The van der Waals surface area contributed by atoms with Crippen LogP contribution in [0.25, 0.3) is 0 Å². The van der Waals surface area contributed by atoms with Gasteiger partial charge in [-0.05, 0) is 0 Å². The zero-order chi connectivity index (χ0) is 11.2. The van der Waals surface area contributed by atoms with Gasteiger partial charge >= 0.3 is 0 Å². The molecule has 0 spiro atoms. The van der Waals surface area contributed by atoms with Gasteiger partial charge in [-0.25, -0.2) is 0 Å². The predicted octanol–water partition coefficient (Wildman–Crippen LogP) is -1.95. The van der Waals surface area contributed by atoms with Gasteiger partial charge in [0.15, 0.2) is 5.72 Å². The molecule has 0 aromatic heterocycles. The highest BCUT2D eigenvalue weighted by Gasteiger charge is 2.58. The molecule has 0 aliphatic carbocycles. The van der Waals surface area contributed by atoms with Crippen molar-refractivity contribution in [2.45, 2.75) is 36.9 Å². The van der Waals surface area contributed by atoms with Crippen molar-refractivity contribution in [3.8, 4) is 0 Å². The van der Waals surface area contributed by atoms with E-state index in [-0.39, 0.29) is 18.9 Å². The fourth-order valence-corrected chi connectivity index (χ4v) is 2.44. The molecule has 6 heteroatoms. The Kier molecular flexibility index (Phi) is 2.46. The summed E-state index contributed by atoms with van der Waals surface area (Å²) in [5.74, 6) is -0.165. The Hall–Kier alpha value is -0.690. The number of amides is 1. The molecule has 0 aromatic rings. The van der Waals surface area contributed by atoms with Gasteiger partial charge in [-0.1, -0.05) is 0 Å². The lowest BCUT2D eigenvalue weighted by molar-refractivity contribution is -0.251. The van der Waals surface area contributed by atoms with E-state index in [9.17, 15) is 20.1 Å². The molecule has 0 saturated carbocycles. The Bertz CT molecular complexity index is 284. The molecule has 2 rings (SSSR count). The number of aliphatic hydroxyl groups is 3. The SMILES string of the molecule is CO[C@]12CCC(=O)N1C[C@H](O)[C@H](O)[C@@H]2O. The van der Waals surface area contributed by atoms with Gasteiger partial charge in [-0.2, -0.15) is 0 Å². The molecule has 2 aliphatic heterocycles. The highest BCUT2D eigenvalue weighted by Crippen LogP contribution is 2.39. The Morgan fingerprint density at radius 3 is 2.73 bits per heavy atom. The molecule has 3 N–H and O–H groups in total. The minimum absolute atomic E-state index is 0.00486. The Balaban J connectivity index is 2.34. The van der Waals surface area contributed by atoms with E-state index < -0.39 is 24.0 Å². The number of ether oxygens (including phenoxy) is 1. The van der Waals surface area contributed by atoms with Crippen molar-refractivity contribution in [2.24, 2.45) is 0 Å². The molecule has 0 aromatic carbocycles. The van der Waals surface area contributed by atoms with Crippen LogP contribution in [0.15, 0.2) is 0 Å². The summed E-state index contributed by atoms with van der Waals surface area (Å²) >= 11 is 0. The van der Waals surface area contributed by atoms with Crippen molar-refractivity contribution < 1.29 is 24.9 Å². The minimum atomic E-state index is -1.27. The lowest BCUT2D eigenvalue weighted by atomic mass is 9.90. The molecule has 15 heavy (non-hydrogen) atoms. The standard InChI is InChI=1S/C9H15NO5/c1-15-9-3-2-6(12)10(9)4-5(11)7(13)8(9)14/h5,7-8,11,13-14H,2-4H2,1H3/t5-,7-,8-,9-/m0/s1. The number of nitrogens with zero attached hydrogens (tertiary/aromatic N) is 1. The number of carbonyl (C=O) groups is 1. The van der Waals surface area contributed by atoms with Gasteiger partial charge in [-0.3, -0.25) is 4.79 Å². The van der Waals surface area contributed by atoms with E-state index in [1.807, 2.05) is 0 Å². The summed E-state index contributed by atoms with van der Waals surface area (Å²) in [5, 5.41) is 28.9. The molecule has 2 heterocycles. The second-order valence-electron chi connectivity index (χ2n) is 4.06. The highest BCUT2D eigenvalue weighted by molar-refractivity contribution is 5.79. The van der Waals surface area contributed by atoms with Crippen LogP contribution in [0.3, 0.4) is 0 Å². The maximum atomic E-state index is 11.5. The molecule has 2 saturated heterocycles. The summed E-state index contributed by atoms with van der Waals surface area (Å²) in [4.78, 5) is 12.8. The first-order valence-corrected chi connectivity index (χ1v) is 4.93. The summed E-state index contributed by atoms with van der Waals surface area (Å²) in [5.41, 5.74) is -1.16. The first-order chi connectivity index (χ1) is 7.03. The topological polar surface area (TPSA) is 90.2 Å². The Morgan fingerprint density at radius 1 is 1.47 bits per heavy atom. The third-order valence-corrected chi connectivity index (χ3v) is 3.36. The lowest BCUT2D eigenvalue weighted by Gasteiger charge is -2.48. The molecule has 6 nitrogen and oxygen atoms in total. The maximum Gasteiger partial charge on any atom is 0.225 e. The first kappa shape index (κ1) is 10.8. The first-order valence-electron chi connectivity index (χ1n) is 4.93. The van der Waals surface area contributed by atoms with Gasteiger partial charge in [0.25, 0.3) is 0 Å². The average molecular weight is 217 g/mol. The average Bonchev–Trinajstić information content (AvgIpc) is 2.55. The molecule has 2 aliphatic rings. The van der Waals surface area contributed by atoms with Crippen molar-refractivity contribution >= 4 is 5.91 Å². The Labute approximate surface area is 87.1 Å². The molecular weight excluding hydrogens is 202 g/mol. The van der Waals surface area contributed by atoms with Crippen LogP contribution in [-0.4, -0.2) is 63.8 Å². The predicted molar refractivity (Wildman–Crippen MR) is 48.7 cm³/mol. The Morgan fingerprint density at radius 2 is 2.13 bits per heavy atom. The van der Waals surface area contributed by atoms with Crippen molar-refractivity contribution in [1.29, 1.82) is 0 Å². The van der Waals surface area contributed by atoms with E-state index in [1.165, 1.54) is 12.0 Å². The summed E-state index contributed by atoms with van der Waals surface area (Å²) in [6.45, 7) is 0.00486. The lowest BCUT2D eigenvalue weighted by Crippen LogP contribution is -2.68. The summed E-state index contributed by atoms with van der Waals surface area (Å²) in [6.07, 6.45) is -3.05. The molecular formula is C9H15NO5. The van der Waals surface area contributed by atoms with Crippen LogP contribution in [0, 0.1) is 0 Å². The number of hydrogen-bond acceptors (Lipinski definition) is 5. The number of aliphatic hydroxyl groups excluding tert-OH is 3.